The quantitative estimate of drug-likeness (QED) is 0.112. The molecule has 0 aliphatic rings. The van der Waals surface area contributed by atoms with Crippen molar-refractivity contribution in [1.82, 2.24) is 10.2 Å². The summed E-state index contributed by atoms with van der Waals surface area (Å²) in [5.74, 6) is 1.63. The molecule has 0 saturated carbocycles. The van der Waals surface area contributed by atoms with Gasteiger partial charge in [0.05, 0.1) is 12.8 Å². The number of H-pyrrole nitrogens is 1. The number of thioether (sulfide) groups is 1. The summed E-state index contributed by atoms with van der Waals surface area (Å²) < 4.78 is 20.7. The van der Waals surface area contributed by atoms with Crippen LogP contribution in [0.4, 0.5) is 15.9 Å². The average molecular weight is 499 g/mol. The molecular weight excluding hydrogens is 463 g/mol. The van der Waals surface area contributed by atoms with Crippen LogP contribution in [0.25, 0.3) is 0 Å². The van der Waals surface area contributed by atoms with Gasteiger partial charge in [-0.2, -0.15) is 5.10 Å². The number of halogens is 1. The first-order chi connectivity index (χ1) is 16.7. The number of aromatic amines is 1. The molecule has 0 fully saturated rings. The molecule has 1 aromatic heterocycles. The van der Waals surface area contributed by atoms with E-state index in [-0.39, 0.29) is 5.82 Å². The first-order valence-corrected chi connectivity index (χ1v) is 12.5. The Morgan fingerprint density at radius 1 is 1.34 bits per heavy atom. The number of ether oxygens (including phenoxy) is 1. The van der Waals surface area contributed by atoms with Crippen molar-refractivity contribution in [2.24, 2.45) is 4.99 Å². The highest BCUT2D eigenvalue weighted by Gasteiger charge is 2.20. The summed E-state index contributed by atoms with van der Waals surface area (Å²) in [5, 5.41) is 18.4. The fraction of sp³-hybridized carbons (Fsp3) is 0.346. The summed E-state index contributed by atoms with van der Waals surface area (Å²) in [6.45, 7) is 9.64. The van der Waals surface area contributed by atoms with Gasteiger partial charge in [-0.25, -0.2) is 9.38 Å². The second kappa shape index (κ2) is 12.9. The Morgan fingerprint density at radius 2 is 2.06 bits per heavy atom. The molecule has 0 amide bonds. The number of benzene rings is 1. The normalized spacial score (nSPS) is 13.7. The number of hydrogen-bond acceptors (Lipinski definition) is 6. The average Bonchev–Trinajstić information content (AvgIpc) is 3.27. The van der Waals surface area contributed by atoms with Crippen LogP contribution in [0.3, 0.4) is 0 Å². The van der Waals surface area contributed by atoms with Crippen molar-refractivity contribution in [3.05, 3.63) is 70.2 Å². The largest absolute Gasteiger partial charge is 0.492 e. The van der Waals surface area contributed by atoms with Crippen LogP contribution in [-0.4, -0.2) is 42.7 Å². The van der Waals surface area contributed by atoms with Gasteiger partial charge in [-0.05, 0) is 64.1 Å². The highest BCUT2D eigenvalue weighted by molar-refractivity contribution is 7.98. The number of amidine groups is 1. The van der Waals surface area contributed by atoms with Gasteiger partial charge in [-0.1, -0.05) is 18.6 Å². The number of methoxy groups -OCH3 is 1. The van der Waals surface area contributed by atoms with Crippen molar-refractivity contribution < 1.29 is 9.13 Å². The van der Waals surface area contributed by atoms with Gasteiger partial charge in [0.2, 0.25) is 0 Å². The van der Waals surface area contributed by atoms with Crippen LogP contribution in [0.2, 0.25) is 0 Å². The van der Waals surface area contributed by atoms with Gasteiger partial charge in [0.15, 0.2) is 17.4 Å². The smallest absolute Gasteiger partial charge is 0.176 e. The Kier molecular flexibility index (Phi) is 10.3. The first kappa shape index (κ1) is 27.9. The lowest BCUT2D eigenvalue weighted by Crippen LogP contribution is -2.25. The Hall–Kier alpha value is -3.33. The molecule has 0 aliphatic carbocycles. The Morgan fingerprint density at radius 3 is 2.54 bits per heavy atom. The van der Waals surface area contributed by atoms with Crippen molar-refractivity contribution in [3.8, 4) is 0 Å². The van der Waals surface area contributed by atoms with Crippen molar-refractivity contribution in [1.29, 1.82) is 5.41 Å². The fourth-order valence-electron chi connectivity index (χ4n) is 3.40. The monoisotopic (exact) mass is 498 g/mol. The molecule has 35 heavy (non-hydrogen) atoms. The van der Waals surface area contributed by atoms with Gasteiger partial charge in [0.25, 0.3) is 0 Å². The summed E-state index contributed by atoms with van der Waals surface area (Å²) in [6.07, 6.45) is 5.84. The predicted octanol–water partition coefficient (Wildman–Crippen LogP) is 6.68. The van der Waals surface area contributed by atoms with Crippen LogP contribution in [0.5, 0.6) is 0 Å². The molecule has 0 saturated heterocycles. The van der Waals surface area contributed by atoms with Crippen LogP contribution >= 0.6 is 11.8 Å². The van der Waals surface area contributed by atoms with Crippen LogP contribution in [0.15, 0.2) is 68.5 Å². The maximum Gasteiger partial charge on any atom is 0.176 e. The van der Waals surface area contributed by atoms with Crippen molar-refractivity contribution >= 4 is 35.3 Å². The Balaban J connectivity index is 2.72. The number of aliphatic imine (C=N–C) groups is 1. The van der Waals surface area contributed by atoms with Crippen molar-refractivity contribution in [2.75, 3.05) is 30.6 Å². The highest BCUT2D eigenvalue weighted by atomic mass is 32.2. The molecule has 1 aromatic carbocycles. The minimum Gasteiger partial charge on any atom is -0.492 e. The molecule has 9 heteroatoms. The number of nitrogens with one attached hydrogen (secondary N) is 3. The summed E-state index contributed by atoms with van der Waals surface area (Å²) in [6, 6.07) is 6.99. The lowest BCUT2D eigenvalue weighted by atomic mass is 9.97. The molecule has 2 rings (SSSR count). The van der Waals surface area contributed by atoms with E-state index in [1.54, 1.807) is 32.0 Å². The van der Waals surface area contributed by atoms with Gasteiger partial charge in [0, 0.05) is 35.5 Å². The standard InChI is InChI=1S/C26H35FN6OS/c1-9-16(3)24(19(10-2)15-28)25(34-7)26(30-23-13-17(4)31-32-23)29-18(5)33(6)22-12-11-20(35-8)14-21(22)27/h10-15,28H,9H2,1-8H3,(H2,30,31,32)/b19-10+,24-16+,26-25-,28-15?,29-18+. The number of rotatable bonds is 10. The van der Waals surface area contributed by atoms with E-state index in [4.69, 9.17) is 15.1 Å². The topological polar surface area (TPSA) is 89.4 Å². The van der Waals surface area contributed by atoms with Gasteiger partial charge in [-0.15, -0.1) is 11.8 Å². The number of aromatic nitrogens is 2. The SMILES string of the molecule is C/C=C(C=N)/C(=C(/C)CC)C(/OC)=C(\N=C(/C)N(C)c1ccc(SC)cc1F)Nc1cc(C)[nH]n1. The van der Waals surface area contributed by atoms with Crippen LogP contribution in [0.1, 0.15) is 39.8 Å². The van der Waals surface area contributed by atoms with Gasteiger partial charge >= 0.3 is 0 Å². The molecule has 0 atom stereocenters. The molecule has 188 valence electrons. The van der Waals surface area contributed by atoms with E-state index < -0.39 is 0 Å². The van der Waals surface area contributed by atoms with E-state index in [2.05, 4.69) is 15.5 Å². The van der Waals surface area contributed by atoms with Crippen molar-refractivity contribution in [2.45, 2.75) is 45.9 Å². The van der Waals surface area contributed by atoms with E-state index in [0.717, 1.165) is 28.2 Å². The molecule has 0 spiro atoms. The number of allylic oxidation sites excluding steroid dienone is 3. The lowest BCUT2D eigenvalue weighted by molar-refractivity contribution is 0.297. The molecule has 0 bridgehead atoms. The second-order valence-electron chi connectivity index (χ2n) is 7.88. The number of anilines is 2. The van der Waals surface area contributed by atoms with E-state index in [1.165, 1.54) is 24.0 Å². The zero-order chi connectivity index (χ0) is 26.1. The molecule has 0 unspecified atom stereocenters. The molecule has 7 nitrogen and oxygen atoms in total. The van der Waals surface area contributed by atoms with E-state index >= 15 is 0 Å². The maximum atomic E-state index is 14.8. The third-order valence-corrected chi connectivity index (χ3v) is 6.31. The molecule has 1 heterocycles. The highest BCUT2D eigenvalue weighted by Crippen LogP contribution is 2.29. The summed E-state index contributed by atoms with van der Waals surface area (Å²) in [5.41, 5.74) is 3.81. The number of nitrogens with zero attached hydrogens (tertiary/aromatic N) is 3. The molecule has 0 radical (unpaired) electrons. The molecule has 2 aromatic rings. The van der Waals surface area contributed by atoms with Crippen LogP contribution < -0.4 is 10.2 Å². The minimum atomic E-state index is -0.329. The predicted molar refractivity (Wildman–Crippen MR) is 146 cm³/mol. The van der Waals surface area contributed by atoms with E-state index in [9.17, 15) is 4.39 Å². The summed E-state index contributed by atoms with van der Waals surface area (Å²) in [7, 11) is 3.34. The van der Waals surface area contributed by atoms with Crippen molar-refractivity contribution in [3.63, 3.8) is 0 Å². The number of hydrogen-bond donors (Lipinski definition) is 3. The third-order valence-electron chi connectivity index (χ3n) is 5.59. The zero-order valence-electron chi connectivity index (χ0n) is 21.7. The summed E-state index contributed by atoms with van der Waals surface area (Å²) in [4.78, 5) is 7.36. The maximum absolute atomic E-state index is 14.8. The Labute approximate surface area is 211 Å². The van der Waals surface area contributed by atoms with Gasteiger partial charge in [0.1, 0.15) is 11.7 Å². The van der Waals surface area contributed by atoms with Crippen LogP contribution in [-0.2, 0) is 4.74 Å². The molecular formula is C26H35FN6OS. The lowest BCUT2D eigenvalue weighted by Gasteiger charge is -2.22. The number of aryl methyl sites for hydroxylation is 1. The van der Waals surface area contributed by atoms with Crippen LogP contribution in [0, 0.1) is 18.2 Å². The molecule has 3 N–H and O–H groups in total. The molecule has 0 aliphatic heterocycles. The van der Waals surface area contributed by atoms with Gasteiger partial charge in [-0.3, -0.25) is 5.10 Å². The Bertz CT molecular complexity index is 1180. The van der Waals surface area contributed by atoms with E-state index in [1.807, 2.05) is 52.2 Å². The van der Waals surface area contributed by atoms with E-state index in [0.29, 0.717) is 34.5 Å². The fourth-order valence-corrected chi connectivity index (χ4v) is 3.83. The zero-order valence-corrected chi connectivity index (χ0v) is 22.5. The minimum absolute atomic E-state index is 0.329. The summed E-state index contributed by atoms with van der Waals surface area (Å²) >= 11 is 1.49. The second-order valence-corrected chi connectivity index (χ2v) is 8.76. The first-order valence-electron chi connectivity index (χ1n) is 11.3. The third kappa shape index (κ3) is 6.85. The van der Waals surface area contributed by atoms with Gasteiger partial charge < -0.3 is 20.4 Å².